The minimum atomic E-state index is -0.291. The summed E-state index contributed by atoms with van der Waals surface area (Å²) < 4.78 is 20.6. The third-order valence-corrected chi connectivity index (χ3v) is 5.79. The van der Waals surface area contributed by atoms with Crippen LogP contribution in [0.15, 0.2) is 71.7 Å². The molecule has 158 valence electrons. The number of ether oxygens (including phenoxy) is 1. The molecule has 1 aliphatic heterocycles. The number of fused-ring (bicyclic) bond motifs is 1. The molecule has 0 aromatic heterocycles. The van der Waals surface area contributed by atoms with Crippen molar-refractivity contribution in [3.8, 4) is 11.5 Å². The first kappa shape index (κ1) is 21.1. The summed E-state index contributed by atoms with van der Waals surface area (Å²) in [5.74, 6) is 1.05. The molecule has 3 aromatic carbocycles. The summed E-state index contributed by atoms with van der Waals surface area (Å²) in [6.07, 6.45) is 3.77. The molecular formula is C26H24ClFN2O. The highest BCUT2D eigenvalue weighted by Gasteiger charge is 2.29. The SMILES string of the molecule is CC1=CC(C)(C)N(C)c2cc(F)c(C=Nc3ccc(Oc4cccc(Cl)c4)cc3)cc21. The van der Waals surface area contributed by atoms with E-state index < -0.39 is 0 Å². The van der Waals surface area contributed by atoms with Gasteiger partial charge in [0.1, 0.15) is 17.3 Å². The fourth-order valence-corrected chi connectivity index (χ4v) is 3.88. The van der Waals surface area contributed by atoms with Gasteiger partial charge in [0.15, 0.2) is 0 Å². The summed E-state index contributed by atoms with van der Waals surface area (Å²) in [6, 6.07) is 18.0. The minimum absolute atomic E-state index is 0.159. The third-order valence-electron chi connectivity index (χ3n) is 5.56. The molecule has 1 heterocycles. The summed E-state index contributed by atoms with van der Waals surface area (Å²) in [7, 11) is 1.99. The lowest BCUT2D eigenvalue weighted by atomic mass is 9.88. The molecule has 0 radical (unpaired) electrons. The van der Waals surface area contributed by atoms with E-state index in [9.17, 15) is 4.39 Å². The molecule has 0 aliphatic carbocycles. The van der Waals surface area contributed by atoms with Crippen LogP contribution in [0.2, 0.25) is 5.02 Å². The Hall–Kier alpha value is -3.11. The standard InChI is InChI=1S/C26H24ClFN2O/c1-17-15-26(2,3)30(4)25-14-24(28)18(12-23(17)25)16-29-20-8-10-21(11-9-20)31-22-7-5-6-19(27)13-22/h5-16H,1-4H3. The van der Waals surface area contributed by atoms with Crippen molar-refractivity contribution in [2.75, 3.05) is 11.9 Å². The van der Waals surface area contributed by atoms with Gasteiger partial charge >= 0.3 is 0 Å². The fourth-order valence-electron chi connectivity index (χ4n) is 3.70. The Balaban J connectivity index is 1.54. The molecular weight excluding hydrogens is 411 g/mol. The maximum atomic E-state index is 14.8. The normalized spacial score (nSPS) is 15.0. The Kier molecular flexibility index (Phi) is 5.59. The van der Waals surface area contributed by atoms with Crippen molar-refractivity contribution in [3.05, 3.63) is 88.7 Å². The van der Waals surface area contributed by atoms with Gasteiger partial charge in [0, 0.05) is 35.1 Å². The predicted octanol–water partition coefficient (Wildman–Crippen LogP) is 7.65. The molecule has 0 atom stereocenters. The van der Waals surface area contributed by atoms with Gasteiger partial charge in [-0.25, -0.2) is 4.39 Å². The number of benzene rings is 3. The number of anilines is 1. The van der Waals surface area contributed by atoms with Crippen LogP contribution in [0, 0.1) is 5.82 Å². The van der Waals surface area contributed by atoms with Crippen LogP contribution in [0.25, 0.3) is 5.57 Å². The van der Waals surface area contributed by atoms with Crippen LogP contribution >= 0.6 is 11.6 Å². The number of halogens is 2. The molecule has 0 bridgehead atoms. The van der Waals surface area contributed by atoms with Gasteiger partial charge in [-0.15, -0.1) is 0 Å². The number of allylic oxidation sites excluding steroid dienone is 1. The average molecular weight is 435 g/mol. The molecule has 1 aliphatic rings. The summed E-state index contributed by atoms with van der Waals surface area (Å²) >= 11 is 5.99. The van der Waals surface area contributed by atoms with Crippen LogP contribution in [-0.4, -0.2) is 18.8 Å². The molecule has 0 spiro atoms. The number of rotatable bonds is 4. The van der Waals surface area contributed by atoms with Gasteiger partial charge in [0.25, 0.3) is 0 Å². The van der Waals surface area contributed by atoms with Gasteiger partial charge in [-0.1, -0.05) is 23.7 Å². The van der Waals surface area contributed by atoms with Crippen LogP contribution in [0.5, 0.6) is 11.5 Å². The molecule has 0 saturated heterocycles. The zero-order chi connectivity index (χ0) is 22.2. The van der Waals surface area contributed by atoms with E-state index in [0.29, 0.717) is 27.8 Å². The van der Waals surface area contributed by atoms with Crippen LogP contribution in [0.1, 0.15) is 31.9 Å². The first-order chi connectivity index (χ1) is 14.7. The van der Waals surface area contributed by atoms with E-state index in [1.54, 1.807) is 24.4 Å². The van der Waals surface area contributed by atoms with Crippen molar-refractivity contribution in [1.82, 2.24) is 0 Å². The van der Waals surface area contributed by atoms with E-state index in [2.05, 4.69) is 36.7 Å². The van der Waals surface area contributed by atoms with Crippen molar-refractivity contribution in [2.45, 2.75) is 26.3 Å². The van der Waals surface area contributed by atoms with Gasteiger partial charge in [-0.3, -0.25) is 4.99 Å². The number of likely N-dealkylation sites (N-methyl/N-ethyl adjacent to an activating group) is 1. The molecule has 0 N–H and O–H groups in total. The van der Waals surface area contributed by atoms with Crippen molar-refractivity contribution in [1.29, 1.82) is 0 Å². The number of hydrogen-bond acceptors (Lipinski definition) is 3. The number of hydrogen-bond donors (Lipinski definition) is 0. The van der Waals surface area contributed by atoms with Gasteiger partial charge < -0.3 is 9.64 Å². The van der Waals surface area contributed by atoms with E-state index in [4.69, 9.17) is 16.3 Å². The second kappa shape index (κ2) is 8.20. The van der Waals surface area contributed by atoms with Gasteiger partial charge in [0.2, 0.25) is 0 Å². The monoisotopic (exact) mass is 434 g/mol. The summed E-state index contributed by atoms with van der Waals surface area (Å²) in [6.45, 7) is 6.30. The molecule has 3 nitrogen and oxygen atoms in total. The molecule has 3 aromatic rings. The van der Waals surface area contributed by atoms with Crippen LogP contribution in [0.3, 0.4) is 0 Å². The molecule has 0 unspecified atom stereocenters. The Bertz CT molecular complexity index is 1180. The van der Waals surface area contributed by atoms with Crippen molar-refractivity contribution in [3.63, 3.8) is 0 Å². The second-order valence-electron chi connectivity index (χ2n) is 8.24. The molecule has 4 rings (SSSR count). The lowest BCUT2D eigenvalue weighted by Crippen LogP contribution is -2.42. The summed E-state index contributed by atoms with van der Waals surface area (Å²) in [5, 5.41) is 0.616. The highest BCUT2D eigenvalue weighted by atomic mass is 35.5. The van der Waals surface area contributed by atoms with E-state index in [1.807, 2.05) is 49.5 Å². The fraction of sp³-hybridized carbons (Fsp3) is 0.192. The molecule has 0 fully saturated rings. The number of aliphatic imine (C=N–C) groups is 1. The topological polar surface area (TPSA) is 24.8 Å². The zero-order valence-corrected chi connectivity index (χ0v) is 18.7. The van der Waals surface area contributed by atoms with E-state index in [-0.39, 0.29) is 11.4 Å². The molecule has 0 amide bonds. The van der Waals surface area contributed by atoms with Gasteiger partial charge in [0.05, 0.1) is 11.2 Å². The number of nitrogens with zero attached hydrogens (tertiary/aromatic N) is 2. The first-order valence-corrected chi connectivity index (χ1v) is 10.5. The Morgan fingerprint density at radius 1 is 1.03 bits per heavy atom. The Labute approximate surface area is 187 Å². The third kappa shape index (κ3) is 4.49. The summed E-state index contributed by atoms with van der Waals surface area (Å²) in [4.78, 5) is 6.54. The average Bonchev–Trinajstić information content (AvgIpc) is 2.72. The quantitative estimate of drug-likeness (QED) is 0.394. The van der Waals surface area contributed by atoms with Crippen molar-refractivity contribution < 1.29 is 9.13 Å². The largest absolute Gasteiger partial charge is 0.457 e. The van der Waals surface area contributed by atoms with Crippen molar-refractivity contribution in [2.24, 2.45) is 4.99 Å². The lowest BCUT2D eigenvalue weighted by molar-refractivity contribution is 0.483. The first-order valence-electron chi connectivity index (χ1n) is 10.1. The maximum Gasteiger partial charge on any atom is 0.134 e. The van der Waals surface area contributed by atoms with Gasteiger partial charge in [-0.05, 0) is 80.9 Å². The molecule has 31 heavy (non-hydrogen) atoms. The van der Waals surface area contributed by atoms with E-state index >= 15 is 0 Å². The van der Waals surface area contributed by atoms with Gasteiger partial charge in [-0.2, -0.15) is 0 Å². The van der Waals surface area contributed by atoms with Crippen LogP contribution in [0.4, 0.5) is 15.8 Å². The van der Waals surface area contributed by atoms with Crippen LogP contribution in [-0.2, 0) is 0 Å². The summed E-state index contributed by atoms with van der Waals surface area (Å²) in [5.41, 5.74) is 4.06. The molecule has 0 saturated carbocycles. The highest BCUT2D eigenvalue weighted by Crippen LogP contribution is 2.39. The highest BCUT2D eigenvalue weighted by molar-refractivity contribution is 6.30. The Morgan fingerprint density at radius 3 is 2.48 bits per heavy atom. The lowest BCUT2D eigenvalue weighted by Gasteiger charge is -2.40. The zero-order valence-electron chi connectivity index (χ0n) is 18.0. The van der Waals surface area contributed by atoms with Crippen molar-refractivity contribution >= 4 is 34.8 Å². The maximum absolute atomic E-state index is 14.8. The minimum Gasteiger partial charge on any atom is -0.457 e. The van der Waals surface area contributed by atoms with E-state index in [0.717, 1.165) is 16.8 Å². The predicted molar refractivity (Wildman–Crippen MR) is 128 cm³/mol. The Morgan fingerprint density at radius 2 is 1.77 bits per heavy atom. The molecule has 5 heteroatoms. The van der Waals surface area contributed by atoms with Crippen LogP contribution < -0.4 is 9.64 Å². The second-order valence-corrected chi connectivity index (χ2v) is 8.68. The smallest absolute Gasteiger partial charge is 0.134 e. The van der Waals surface area contributed by atoms with E-state index in [1.165, 1.54) is 0 Å².